The van der Waals surface area contributed by atoms with Crippen LogP contribution in [-0.4, -0.2) is 24.8 Å². The fourth-order valence-corrected chi connectivity index (χ4v) is 2.66. The topological polar surface area (TPSA) is 21.3 Å². The summed E-state index contributed by atoms with van der Waals surface area (Å²) in [5.41, 5.74) is 0. The van der Waals surface area contributed by atoms with Gasteiger partial charge in [0.05, 0.1) is 12.2 Å². The maximum Gasteiger partial charge on any atom is 0.0675 e. The van der Waals surface area contributed by atoms with E-state index in [2.05, 4.69) is 26.1 Å². The van der Waals surface area contributed by atoms with Gasteiger partial charge < -0.3 is 10.1 Å². The minimum atomic E-state index is 0.359. The van der Waals surface area contributed by atoms with E-state index >= 15 is 0 Å². The first-order valence-electron chi connectivity index (χ1n) is 7.61. The molecule has 0 saturated heterocycles. The van der Waals surface area contributed by atoms with Crippen LogP contribution in [0.4, 0.5) is 0 Å². The average Bonchev–Trinajstić information content (AvgIpc) is 2.55. The molecule has 0 heterocycles. The lowest BCUT2D eigenvalue weighted by molar-refractivity contribution is -0.00975. The fourth-order valence-electron chi connectivity index (χ4n) is 2.66. The van der Waals surface area contributed by atoms with E-state index in [1.165, 1.54) is 51.4 Å². The molecule has 1 aliphatic rings. The van der Waals surface area contributed by atoms with Crippen LogP contribution in [0.15, 0.2) is 0 Å². The van der Waals surface area contributed by atoms with Crippen molar-refractivity contribution in [3.05, 3.63) is 0 Å². The first-order chi connectivity index (χ1) is 8.22. The Morgan fingerprint density at radius 1 is 1.12 bits per heavy atom. The Bertz CT molecular complexity index is 176. The summed E-state index contributed by atoms with van der Waals surface area (Å²) in [4.78, 5) is 0. The third-order valence-corrected chi connectivity index (χ3v) is 3.70. The Balaban J connectivity index is 2.12. The summed E-state index contributed by atoms with van der Waals surface area (Å²) in [6.07, 6.45) is 11.5. The van der Waals surface area contributed by atoms with Crippen LogP contribution in [-0.2, 0) is 4.74 Å². The molecule has 0 aromatic carbocycles. The zero-order valence-electron chi connectivity index (χ0n) is 12.0. The normalized spacial score (nSPS) is 22.1. The summed E-state index contributed by atoms with van der Waals surface area (Å²) >= 11 is 0. The highest BCUT2D eigenvalue weighted by Crippen LogP contribution is 2.20. The third-order valence-electron chi connectivity index (χ3n) is 3.70. The Hall–Kier alpha value is -0.0800. The highest BCUT2D eigenvalue weighted by molar-refractivity contribution is 4.68. The van der Waals surface area contributed by atoms with E-state index in [9.17, 15) is 0 Å². The molecule has 17 heavy (non-hydrogen) atoms. The van der Waals surface area contributed by atoms with Crippen molar-refractivity contribution in [2.24, 2.45) is 0 Å². The molecule has 1 fully saturated rings. The number of hydrogen-bond donors (Lipinski definition) is 1. The first kappa shape index (κ1) is 15.0. The number of hydrogen-bond acceptors (Lipinski definition) is 2. The van der Waals surface area contributed by atoms with E-state index < -0.39 is 0 Å². The second kappa shape index (κ2) is 8.93. The second-order valence-electron chi connectivity index (χ2n) is 5.66. The predicted molar refractivity (Wildman–Crippen MR) is 74.4 cm³/mol. The zero-order valence-corrected chi connectivity index (χ0v) is 12.0. The molecule has 0 bridgehead atoms. The molecule has 0 aliphatic heterocycles. The van der Waals surface area contributed by atoms with Gasteiger partial charge >= 0.3 is 0 Å². The van der Waals surface area contributed by atoms with Crippen molar-refractivity contribution >= 4 is 0 Å². The lowest BCUT2D eigenvalue weighted by atomic mass is 10.1. The van der Waals surface area contributed by atoms with E-state index in [0.29, 0.717) is 18.2 Å². The number of nitrogens with one attached hydrogen (secondary N) is 1. The average molecular weight is 241 g/mol. The van der Waals surface area contributed by atoms with Crippen LogP contribution in [0.1, 0.15) is 72.1 Å². The van der Waals surface area contributed by atoms with Crippen molar-refractivity contribution in [1.29, 1.82) is 0 Å². The Morgan fingerprint density at radius 3 is 2.35 bits per heavy atom. The SMILES string of the molecule is CCCC(C)NCC(C)OC1CCCCCC1. The molecule has 0 spiro atoms. The first-order valence-corrected chi connectivity index (χ1v) is 7.61. The molecule has 1 rings (SSSR count). The molecule has 0 aromatic rings. The van der Waals surface area contributed by atoms with E-state index in [1.54, 1.807) is 0 Å². The van der Waals surface area contributed by atoms with E-state index in [0.717, 1.165) is 6.54 Å². The summed E-state index contributed by atoms with van der Waals surface area (Å²) in [5, 5.41) is 3.56. The minimum absolute atomic E-state index is 0.359. The minimum Gasteiger partial charge on any atom is -0.374 e. The van der Waals surface area contributed by atoms with Crippen LogP contribution in [0.25, 0.3) is 0 Å². The van der Waals surface area contributed by atoms with Crippen LogP contribution >= 0.6 is 0 Å². The van der Waals surface area contributed by atoms with Gasteiger partial charge in [0, 0.05) is 12.6 Å². The van der Waals surface area contributed by atoms with Gasteiger partial charge in [0.15, 0.2) is 0 Å². The third kappa shape index (κ3) is 7.05. The highest BCUT2D eigenvalue weighted by Gasteiger charge is 2.15. The maximum atomic E-state index is 6.14. The highest BCUT2D eigenvalue weighted by atomic mass is 16.5. The van der Waals surface area contributed by atoms with Crippen molar-refractivity contribution in [3.8, 4) is 0 Å². The van der Waals surface area contributed by atoms with Gasteiger partial charge in [-0.1, -0.05) is 39.0 Å². The van der Waals surface area contributed by atoms with Crippen LogP contribution in [0.5, 0.6) is 0 Å². The molecule has 2 nitrogen and oxygen atoms in total. The van der Waals surface area contributed by atoms with Gasteiger partial charge in [-0.25, -0.2) is 0 Å². The Kier molecular flexibility index (Phi) is 7.87. The van der Waals surface area contributed by atoms with E-state index in [4.69, 9.17) is 4.74 Å². The number of rotatable bonds is 7. The molecule has 1 saturated carbocycles. The van der Waals surface area contributed by atoms with Crippen molar-refractivity contribution in [2.45, 2.75) is 90.4 Å². The zero-order chi connectivity index (χ0) is 12.5. The Morgan fingerprint density at radius 2 is 1.76 bits per heavy atom. The molecule has 0 amide bonds. The predicted octanol–water partition coefficient (Wildman–Crippen LogP) is 3.89. The van der Waals surface area contributed by atoms with Gasteiger partial charge in [-0.2, -0.15) is 0 Å². The van der Waals surface area contributed by atoms with Gasteiger partial charge in [-0.3, -0.25) is 0 Å². The maximum absolute atomic E-state index is 6.14. The standard InChI is InChI=1S/C15H31NO/c1-4-9-13(2)16-12-14(3)17-15-10-7-5-6-8-11-15/h13-16H,4-12H2,1-3H3. The summed E-state index contributed by atoms with van der Waals surface area (Å²) in [6.45, 7) is 7.71. The van der Waals surface area contributed by atoms with Crippen molar-refractivity contribution in [3.63, 3.8) is 0 Å². The molecule has 1 N–H and O–H groups in total. The molecule has 2 heteroatoms. The fraction of sp³-hybridized carbons (Fsp3) is 1.00. The smallest absolute Gasteiger partial charge is 0.0675 e. The molecule has 2 atom stereocenters. The molecular formula is C15H31NO. The number of ether oxygens (including phenoxy) is 1. The molecule has 102 valence electrons. The van der Waals surface area contributed by atoms with Crippen molar-refractivity contribution in [2.75, 3.05) is 6.54 Å². The Labute approximate surface area is 108 Å². The summed E-state index contributed by atoms with van der Waals surface area (Å²) < 4.78 is 6.14. The van der Waals surface area contributed by atoms with E-state index in [1.807, 2.05) is 0 Å². The quantitative estimate of drug-likeness (QED) is 0.683. The van der Waals surface area contributed by atoms with Crippen molar-refractivity contribution in [1.82, 2.24) is 5.32 Å². The van der Waals surface area contributed by atoms with Gasteiger partial charge in [0.1, 0.15) is 0 Å². The van der Waals surface area contributed by atoms with Crippen LogP contribution in [0.3, 0.4) is 0 Å². The molecule has 0 radical (unpaired) electrons. The van der Waals surface area contributed by atoms with Crippen LogP contribution in [0.2, 0.25) is 0 Å². The lowest BCUT2D eigenvalue weighted by Gasteiger charge is -2.23. The van der Waals surface area contributed by atoms with Gasteiger partial charge in [-0.15, -0.1) is 0 Å². The molecular weight excluding hydrogens is 210 g/mol. The summed E-state index contributed by atoms with van der Waals surface area (Å²) in [7, 11) is 0. The molecule has 0 aromatic heterocycles. The lowest BCUT2D eigenvalue weighted by Crippen LogP contribution is -2.35. The molecule has 2 unspecified atom stereocenters. The van der Waals surface area contributed by atoms with Gasteiger partial charge in [0.2, 0.25) is 0 Å². The van der Waals surface area contributed by atoms with Crippen LogP contribution < -0.4 is 5.32 Å². The second-order valence-corrected chi connectivity index (χ2v) is 5.66. The summed E-state index contributed by atoms with van der Waals surface area (Å²) in [5.74, 6) is 0. The molecule has 1 aliphatic carbocycles. The van der Waals surface area contributed by atoms with E-state index in [-0.39, 0.29) is 0 Å². The van der Waals surface area contributed by atoms with Crippen molar-refractivity contribution < 1.29 is 4.74 Å². The van der Waals surface area contributed by atoms with Gasteiger partial charge in [0.25, 0.3) is 0 Å². The van der Waals surface area contributed by atoms with Crippen LogP contribution in [0, 0.1) is 0 Å². The van der Waals surface area contributed by atoms with Gasteiger partial charge in [-0.05, 0) is 33.1 Å². The summed E-state index contributed by atoms with van der Waals surface area (Å²) in [6, 6.07) is 0.625. The largest absolute Gasteiger partial charge is 0.374 e. The monoisotopic (exact) mass is 241 g/mol.